The molecule has 1 N–H and O–H groups in total. The molecule has 2 aromatic carbocycles. The predicted molar refractivity (Wildman–Crippen MR) is 110 cm³/mol. The Morgan fingerprint density at radius 3 is 2.38 bits per heavy atom. The summed E-state index contributed by atoms with van der Waals surface area (Å²) >= 11 is 0. The number of carbonyl (C=O) groups is 2. The molecule has 5 nitrogen and oxygen atoms in total. The third kappa shape index (κ3) is 4.34. The van der Waals surface area contributed by atoms with Crippen molar-refractivity contribution < 1.29 is 19.4 Å². The monoisotopic (exact) mass is 391 g/mol. The fourth-order valence-corrected chi connectivity index (χ4v) is 4.02. The standard InChI is InChI=1S/C24H25NO4/c26-23(27)20-11-9-19(10-12-20)22-15-21(18-7-4-8-18)13-14-25(22)24(28)29-16-17-5-2-1-3-6-17/h1-3,5-6,9-13,18,22H,4,7-8,14-16H2,(H,26,27). The Labute approximate surface area is 170 Å². The van der Waals surface area contributed by atoms with E-state index in [1.807, 2.05) is 42.5 Å². The highest BCUT2D eigenvalue weighted by Crippen LogP contribution is 2.41. The van der Waals surface area contributed by atoms with Gasteiger partial charge in [-0.25, -0.2) is 9.59 Å². The van der Waals surface area contributed by atoms with Crippen molar-refractivity contribution in [2.24, 2.45) is 5.92 Å². The Kier molecular flexibility index (Phi) is 5.65. The molecule has 0 radical (unpaired) electrons. The normalized spacial score (nSPS) is 19.2. The summed E-state index contributed by atoms with van der Waals surface area (Å²) in [6, 6.07) is 16.3. The second kappa shape index (κ2) is 8.52. The highest BCUT2D eigenvalue weighted by Gasteiger charge is 2.33. The van der Waals surface area contributed by atoms with Crippen LogP contribution in [0.1, 0.15) is 53.2 Å². The van der Waals surface area contributed by atoms with Gasteiger partial charge in [0.2, 0.25) is 0 Å². The zero-order valence-corrected chi connectivity index (χ0v) is 16.3. The van der Waals surface area contributed by atoms with Crippen LogP contribution in [0.3, 0.4) is 0 Å². The minimum atomic E-state index is -0.950. The molecule has 2 aliphatic rings. The van der Waals surface area contributed by atoms with Crippen molar-refractivity contribution in [1.29, 1.82) is 0 Å². The molecule has 1 unspecified atom stereocenters. The Morgan fingerprint density at radius 2 is 1.76 bits per heavy atom. The number of benzene rings is 2. The molecule has 29 heavy (non-hydrogen) atoms. The van der Waals surface area contributed by atoms with Crippen LogP contribution in [0.2, 0.25) is 0 Å². The molecule has 1 atom stereocenters. The molecule has 1 heterocycles. The van der Waals surface area contributed by atoms with Crippen LogP contribution >= 0.6 is 0 Å². The molecule has 0 spiro atoms. The first kappa shape index (κ1) is 19.2. The number of nitrogens with zero attached hydrogens (tertiary/aromatic N) is 1. The van der Waals surface area contributed by atoms with Crippen molar-refractivity contribution in [3.05, 3.63) is 82.9 Å². The third-order valence-corrected chi connectivity index (χ3v) is 5.97. The molecule has 0 aromatic heterocycles. The lowest BCUT2D eigenvalue weighted by Crippen LogP contribution is -2.39. The van der Waals surface area contributed by atoms with E-state index in [4.69, 9.17) is 9.84 Å². The van der Waals surface area contributed by atoms with E-state index in [9.17, 15) is 9.59 Å². The quantitative estimate of drug-likeness (QED) is 0.712. The summed E-state index contributed by atoms with van der Waals surface area (Å²) < 4.78 is 5.58. The Bertz CT molecular complexity index is 900. The minimum Gasteiger partial charge on any atom is -0.478 e. The van der Waals surface area contributed by atoms with Gasteiger partial charge in [0, 0.05) is 6.54 Å². The van der Waals surface area contributed by atoms with Gasteiger partial charge in [-0.2, -0.15) is 0 Å². The van der Waals surface area contributed by atoms with Crippen LogP contribution in [0.4, 0.5) is 4.79 Å². The number of hydrogen-bond acceptors (Lipinski definition) is 3. The van der Waals surface area contributed by atoms with Crippen molar-refractivity contribution in [3.8, 4) is 0 Å². The van der Waals surface area contributed by atoms with Crippen LogP contribution < -0.4 is 0 Å². The maximum atomic E-state index is 12.9. The van der Waals surface area contributed by atoms with Crippen molar-refractivity contribution in [1.82, 2.24) is 4.90 Å². The van der Waals surface area contributed by atoms with Gasteiger partial charge in [-0.05, 0) is 48.4 Å². The number of carboxylic acid groups (broad SMARTS) is 1. The second-order valence-corrected chi connectivity index (χ2v) is 7.75. The summed E-state index contributed by atoms with van der Waals surface area (Å²) in [7, 11) is 0. The van der Waals surface area contributed by atoms with Gasteiger partial charge in [-0.3, -0.25) is 4.90 Å². The van der Waals surface area contributed by atoms with Crippen LogP contribution in [-0.4, -0.2) is 28.6 Å². The summed E-state index contributed by atoms with van der Waals surface area (Å²) in [5, 5.41) is 9.17. The summed E-state index contributed by atoms with van der Waals surface area (Å²) in [6.45, 7) is 0.755. The van der Waals surface area contributed by atoms with E-state index in [1.54, 1.807) is 17.0 Å². The fourth-order valence-electron chi connectivity index (χ4n) is 4.02. The average Bonchev–Trinajstić information content (AvgIpc) is 2.71. The second-order valence-electron chi connectivity index (χ2n) is 7.75. The van der Waals surface area contributed by atoms with Crippen molar-refractivity contribution in [2.75, 3.05) is 6.54 Å². The molecule has 4 rings (SSSR count). The van der Waals surface area contributed by atoms with E-state index >= 15 is 0 Å². The maximum Gasteiger partial charge on any atom is 0.410 e. The highest BCUT2D eigenvalue weighted by atomic mass is 16.6. The molecule has 1 aliphatic carbocycles. The molecule has 0 saturated heterocycles. The first-order chi connectivity index (χ1) is 14.1. The molecular formula is C24H25NO4. The molecule has 1 aliphatic heterocycles. The Hall–Kier alpha value is -3.08. The maximum absolute atomic E-state index is 12.9. The van der Waals surface area contributed by atoms with E-state index < -0.39 is 5.97 Å². The smallest absolute Gasteiger partial charge is 0.410 e. The van der Waals surface area contributed by atoms with Crippen molar-refractivity contribution in [2.45, 2.75) is 38.3 Å². The SMILES string of the molecule is O=C(O)c1ccc(C2CC(C3CCC3)=CCN2C(=O)OCc2ccccc2)cc1. The molecule has 150 valence electrons. The fraction of sp³-hybridized carbons (Fsp3) is 0.333. The first-order valence-corrected chi connectivity index (χ1v) is 10.1. The van der Waals surface area contributed by atoms with E-state index in [2.05, 4.69) is 6.08 Å². The van der Waals surface area contributed by atoms with Gasteiger partial charge >= 0.3 is 12.1 Å². The lowest BCUT2D eigenvalue weighted by atomic mass is 9.75. The molecule has 5 heteroatoms. The van der Waals surface area contributed by atoms with Crippen LogP contribution in [0.15, 0.2) is 66.2 Å². The molecular weight excluding hydrogens is 366 g/mol. The van der Waals surface area contributed by atoms with Crippen molar-refractivity contribution >= 4 is 12.1 Å². The molecule has 0 bridgehead atoms. The third-order valence-electron chi connectivity index (χ3n) is 5.97. The van der Waals surface area contributed by atoms with Gasteiger partial charge in [-0.15, -0.1) is 0 Å². The summed E-state index contributed by atoms with van der Waals surface area (Å²) in [5.74, 6) is -0.326. The van der Waals surface area contributed by atoms with Gasteiger partial charge in [-0.1, -0.05) is 60.5 Å². The van der Waals surface area contributed by atoms with Crippen LogP contribution in [0, 0.1) is 5.92 Å². The topological polar surface area (TPSA) is 66.8 Å². The Balaban J connectivity index is 1.53. The predicted octanol–water partition coefficient (Wildman–Crippen LogP) is 5.19. The number of aromatic carboxylic acids is 1. The van der Waals surface area contributed by atoms with E-state index in [0.717, 1.165) is 17.5 Å². The number of carboxylic acids is 1. The first-order valence-electron chi connectivity index (χ1n) is 10.1. The molecule has 1 amide bonds. The number of ether oxygens (including phenoxy) is 1. The van der Waals surface area contributed by atoms with E-state index in [1.165, 1.54) is 24.8 Å². The molecule has 2 aromatic rings. The number of hydrogen-bond donors (Lipinski definition) is 1. The number of carbonyl (C=O) groups excluding carboxylic acids is 1. The number of amides is 1. The van der Waals surface area contributed by atoms with Crippen LogP contribution in [0.5, 0.6) is 0 Å². The largest absolute Gasteiger partial charge is 0.478 e. The molecule has 1 fully saturated rings. The average molecular weight is 391 g/mol. The van der Waals surface area contributed by atoms with E-state index in [0.29, 0.717) is 12.5 Å². The van der Waals surface area contributed by atoms with Gasteiger partial charge in [0.15, 0.2) is 0 Å². The lowest BCUT2D eigenvalue weighted by molar-refractivity contribution is 0.0695. The van der Waals surface area contributed by atoms with Gasteiger partial charge in [0.25, 0.3) is 0 Å². The van der Waals surface area contributed by atoms with Gasteiger partial charge in [0.1, 0.15) is 6.61 Å². The Morgan fingerprint density at radius 1 is 1.03 bits per heavy atom. The van der Waals surface area contributed by atoms with Gasteiger partial charge < -0.3 is 9.84 Å². The zero-order chi connectivity index (χ0) is 20.2. The van der Waals surface area contributed by atoms with Crippen molar-refractivity contribution in [3.63, 3.8) is 0 Å². The van der Waals surface area contributed by atoms with Crippen LogP contribution in [-0.2, 0) is 11.3 Å². The summed E-state index contributed by atoms with van der Waals surface area (Å²) in [5.41, 5.74) is 3.55. The lowest BCUT2D eigenvalue weighted by Gasteiger charge is -2.39. The van der Waals surface area contributed by atoms with Crippen LogP contribution in [0.25, 0.3) is 0 Å². The summed E-state index contributed by atoms with van der Waals surface area (Å²) in [4.78, 5) is 25.8. The summed E-state index contributed by atoms with van der Waals surface area (Å²) in [6.07, 6.45) is 6.31. The number of rotatable bonds is 5. The zero-order valence-electron chi connectivity index (χ0n) is 16.3. The van der Waals surface area contributed by atoms with E-state index in [-0.39, 0.29) is 24.3 Å². The minimum absolute atomic E-state index is 0.137. The molecule has 1 saturated carbocycles. The van der Waals surface area contributed by atoms with Gasteiger partial charge in [0.05, 0.1) is 11.6 Å². The highest BCUT2D eigenvalue weighted by molar-refractivity contribution is 5.87.